The predicted octanol–water partition coefficient (Wildman–Crippen LogP) is 2.06. The van der Waals surface area contributed by atoms with Gasteiger partial charge in [-0.05, 0) is 26.7 Å². The molecular weight excluding hydrogens is 180 g/mol. The summed E-state index contributed by atoms with van der Waals surface area (Å²) in [7, 11) is 1.69. The van der Waals surface area contributed by atoms with Crippen LogP contribution in [-0.2, 0) is 14.3 Å². The molecule has 2 unspecified atom stereocenters. The maximum Gasteiger partial charge on any atom is 0.333 e. The highest BCUT2D eigenvalue weighted by atomic mass is 16.6. The van der Waals surface area contributed by atoms with Crippen LogP contribution in [-0.4, -0.2) is 24.8 Å². The molecule has 14 heavy (non-hydrogen) atoms. The Morgan fingerprint density at radius 2 is 2.21 bits per heavy atom. The van der Waals surface area contributed by atoms with Crippen molar-refractivity contribution in [3.05, 3.63) is 12.2 Å². The second kappa shape index (κ2) is 4.13. The van der Waals surface area contributed by atoms with Gasteiger partial charge in [0.1, 0.15) is 5.60 Å². The van der Waals surface area contributed by atoms with Crippen LogP contribution in [0.1, 0.15) is 33.1 Å². The Labute approximate surface area is 85.1 Å². The summed E-state index contributed by atoms with van der Waals surface area (Å²) in [6, 6.07) is 0. The molecular formula is C11H18O3. The molecule has 1 rings (SSSR count). The van der Waals surface area contributed by atoms with E-state index < -0.39 is 0 Å². The molecule has 0 saturated heterocycles. The zero-order valence-electron chi connectivity index (χ0n) is 9.13. The van der Waals surface area contributed by atoms with Crippen molar-refractivity contribution >= 4 is 5.97 Å². The first-order valence-electron chi connectivity index (χ1n) is 4.88. The molecule has 2 atom stereocenters. The van der Waals surface area contributed by atoms with E-state index in [1.807, 2.05) is 6.92 Å². The average Bonchev–Trinajstić information content (AvgIpc) is 2.47. The molecule has 1 aliphatic rings. The quantitative estimate of drug-likeness (QED) is 0.514. The van der Waals surface area contributed by atoms with Gasteiger partial charge in [0.15, 0.2) is 0 Å². The van der Waals surface area contributed by atoms with E-state index >= 15 is 0 Å². The van der Waals surface area contributed by atoms with E-state index in [-0.39, 0.29) is 17.7 Å². The monoisotopic (exact) mass is 198 g/mol. The van der Waals surface area contributed by atoms with Gasteiger partial charge in [0.2, 0.25) is 0 Å². The van der Waals surface area contributed by atoms with Crippen LogP contribution in [0.5, 0.6) is 0 Å². The summed E-state index contributed by atoms with van der Waals surface area (Å²) >= 11 is 0. The molecule has 0 amide bonds. The molecule has 1 fully saturated rings. The third-order valence-corrected chi connectivity index (χ3v) is 2.68. The van der Waals surface area contributed by atoms with Crippen LogP contribution in [0.15, 0.2) is 12.2 Å². The summed E-state index contributed by atoms with van der Waals surface area (Å²) in [4.78, 5) is 11.3. The molecule has 0 aliphatic heterocycles. The number of carbonyl (C=O) groups excluding carboxylic acids is 1. The minimum Gasteiger partial charge on any atom is -0.456 e. The van der Waals surface area contributed by atoms with Crippen LogP contribution in [0, 0.1) is 0 Å². The largest absolute Gasteiger partial charge is 0.456 e. The summed E-state index contributed by atoms with van der Waals surface area (Å²) in [5.41, 5.74) is 0.0866. The molecule has 0 N–H and O–H groups in total. The van der Waals surface area contributed by atoms with Gasteiger partial charge in [-0.25, -0.2) is 4.79 Å². The molecule has 0 bridgehead atoms. The molecule has 1 saturated carbocycles. The van der Waals surface area contributed by atoms with E-state index in [2.05, 4.69) is 6.58 Å². The van der Waals surface area contributed by atoms with E-state index in [0.717, 1.165) is 19.3 Å². The Morgan fingerprint density at radius 1 is 1.57 bits per heavy atom. The van der Waals surface area contributed by atoms with Gasteiger partial charge in [-0.15, -0.1) is 0 Å². The summed E-state index contributed by atoms with van der Waals surface area (Å²) in [6.07, 6.45) is 2.82. The Hall–Kier alpha value is -0.830. The fraction of sp³-hybridized carbons (Fsp3) is 0.727. The molecule has 80 valence electrons. The Morgan fingerprint density at radius 3 is 2.64 bits per heavy atom. The molecule has 3 nitrogen and oxygen atoms in total. The van der Waals surface area contributed by atoms with Crippen LogP contribution in [0.4, 0.5) is 0 Å². The molecule has 0 aromatic carbocycles. The lowest BCUT2D eigenvalue weighted by molar-refractivity contribution is -0.153. The summed E-state index contributed by atoms with van der Waals surface area (Å²) in [6.45, 7) is 7.17. The molecule has 3 heteroatoms. The first kappa shape index (κ1) is 11.2. The number of methoxy groups -OCH3 is 1. The third kappa shape index (κ3) is 2.58. The van der Waals surface area contributed by atoms with E-state index in [1.54, 1.807) is 14.0 Å². The van der Waals surface area contributed by atoms with E-state index in [0.29, 0.717) is 5.57 Å². The van der Waals surface area contributed by atoms with Gasteiger partial charge in [0.25, 0.3) is 0 Å². The molecule has 0 aromatic heterocycles. The lowest BCUT2D eigenvalue weighted by Crippen LogP contribution is -2.29. The molecule has 1 aliphatic carbocycles. The van der Waals surface area contributed by atoms with Crippen molar-refractivity contribution in [2.24, 2.45) is 0 Å². The second-order valence-corrected chi connectivity index (χ2v) is 4.22. The third-order valence-electron chi connectivity index (χ3n) is 2.68. The molecule has 0 radical (unpaired) electrons. The van der Waals surface area contributed by atoms with E-state index in [4.69, 9.17) is 9.47 Å². The van der Waals surface area contributed by atoms with Crippen LogP contribution in [0.3, 0.4) is 0 Å². The SMILES string of the molecule is C=C(C)C(=O)OC1(C)CCC(OC)C1. The first-order valence-corrected chi connectivity index (χ1v) is 4.88. The van der Waals surface area contributed by atoms with Gasteiger partial charge >= 0.3 is 5.97 Å². The van der Waals surface area contributed by atoms with Crippen molar-refractivity contribution in [1.82, 2.24) is 0 Å². The van der Waals surface area contributed by atoms with Gasteiger partial charge in [-0.3, -0.25) is 0 Å². The summed E-state index contributed by atoms with van der Waals surface area (Å²) in [5.74, 6) is -0.302. The Bertz CT molecular complexity index is 247. The number of hydrogen-bond donors (Lipinski definition) is 0. The highest BCUT2D eigenvalue weighted by Crippen LogP contribution is 2.34. The standard InChI is InChI=1S/C11H18O3/c1-8(2)10(12)14-11(3)6-5-9(7-11)13-4/h9H,1,5-7H2,2-4H3. The highest BCUT2D eigenvalue weighted by molar-refractivity contribution is 5.87. The molecule has 0 aromatic rings. The van der Waals surface area contributed by atoms with Crippen LogP contribution in [0.2, 0.25) is 0 Å². The smallest absolute Gasteiger partial charge is 0.333 e. The van der Waals surface area contributed by atoms with Crippen molar-refractivity contribution in [2.45, 2.75) is 44.8 Å². The van der Waals surface area contributed by atoms with Gasteiger partial charge in [0.05, 0.1) is 6.10 Å². The number of esters is 1. The van der Waals surface area contributed by atoms with Crippen LogP contribution >= 0.6 is 0 Å². The van der Waals surface area contributed by atoms with E-state index in [9.17, 15) is 4.79 Å². The lowest BCUT2D eigenvalue weighted by Gasteiger charge is -2.24. The number of hydrogen-bond acceptors (Lipinski definition) is 3. The Kier molecular flexibility index (Phi) is 3.32. The number of ether oxygens (including phenoxy) is 2. The summed E-state index contributed by atoms with van der Waals surface area (Å²) < 4.78 is 10.6. The maximum absolute atomic E-state index is 11.3. The van der Waals surface area contributed by atoms with Gasteiger partial charge in [0, 0.05) is 19.1 Å². The van der Waals surface area contributed by atoms with Crippen molar-refractivity contribution in [3.8, 4) is 0 Å². The normalized spacial score (nSPS) is 31.5. The highest BCUT2D eigenvalue weighted by Gasteiger charge is 2.38. The van der Waals surface area contributed by atoms with Crippen LogP contribution < -0.4 is 0 Å². The van der Waals surface area contributed by atoms with E-state index in [1.165, 1.54) is 0 Å². The van der Waals surface area contributed by atoms with Crippen molar-refractivity contribution in [1.29, 1.82) is 0 Å². The van der Waals surface area contributed by atoms with Crippen molar-refractivity contribution in [2.75, 3.05) is 7.11 Å². The molecule has 0 spiro atoms. The van der Waals surface area contributed by atoms with Gasteiger partial charge < -0.3 is 9.47 Å². The fourth-order valence-corrected chi connectivity index (χ4v) is 1.76. The topological polar surface area (TPSA) is 35.5 Å². The first-order chi connectivity index (χ1) is 6.47. The summed E-state index contributed by atoms with van der Waals surface area (Å²) in [5, 5.41) is 0. The van der Waals surface area contributed by atoms with Crippen molar-refractivity contribution in [3.63, 3.8) is 0 Å². The predicted molar refractivity (Wildman–Crippen MR) is 54.0 cm³/mol. The lowest BCUT2D eigenvalue weighted by atomic mass is 10.1. The minimum absolute atomic E-state index is 0.220. The maximum atomic E-state index is 11.3. The minimum atomic E-state index is -0.364. The Balaban J connectivity index is 2.52. The van der Waals surface area contributed by atoms with Gasteiger partial charge in [-0.2, -0.15) is 0 Å². The molecule has 0 heterocycles. The number of rotatable bonds is 3. The zero-order chi connectivity index (χ0) is 10.8. The second-order valence-electron chi connectivity index (χ2n) is 4.22. The average molecular weight is 198 g/mol. The zero-order valence-corrected chi connectivity index (χ0v) is 9.13. The van der Waals surface area contributed by atoms with Gasteiger partial charge in [-0.1, -0.05) is 6.58 Å². The van der Waals surface area contributed by atoms with Crippen LogP contribution in [0.25, 0.3) is 0 Å². The van der Waals surface area contributed by atoms with Crippen molar-refractivity contribution < 1.29 is 14.3 Å². The fourth-order valence-electron chi connectivity index (χ4n) is 1.76. The number of carbonyl (C=O) groups is 1.